The number of carbonyl (C=O) groups is 1. The van der Waals surface area contributed by atoms with Crippen LogP contribution >= 0.6 is 11.6 Å². The van der Waals surface area contributed by atoms with Crippen molar-refractivity contribution in [2.75, 3.05) is 25.1 Å². The van der Waals surface area contributed by atoms with Crippen molar-refractivity contribution in [3.8, 4) is 11.6 Å². The second-order valence-corrected chi connectivity index (χ2v) is 9.86. The summed E-state index contributed by atoms with van der Waals surface area (Å²) in [7, 11) is 1.54. The lowest BCUT2D eigenvalue weighted by atomic mass is 9.73. The van der Waals surface area contributed by atoms with Gasteiger partial charge in [0.25, 0.3) is 0 Å². The Morgan fingerprint density at radius 1 is 1.03 bits per heavy atom. The molecule has 0 spiro atoms. The highest BCUT2D eigenvalue weighted by atomic mass is 35.5. The first-order valence-electron chi connectivity index (χ1n) is 12.3. The molecule has 4 aromatic rings. The van der Waals surface area contributed by atoms with E-state index in [1.54, 1.807) is 12.1 Å². The number of nitrogens with zero attached hydrogens (tertiary/aromatic N) is 3. The lowest BCUT2D eigenvalue weighted by molar-refractivity contribution is -0.132. The van der Waals surface area contributed by atoms with Crippen LogP contribution in [0.5, 0.6) is 11.6 Å². The van der Waals surface area contributed by atoms with Crippen molar-refractivity contribution in [3.05, 3.63) is 88.9 Å². The third-order valence-corrected chi connectivity index (χ3v) is 7.40. The molecule has 0 saturated carbocycles. The minimum atomic E-state index is -0.553. The van der Waals surface area contributed by atoms with E-state index >= 15 is 0 Å². The number of amides is 1. The van der Waals surface area contributed by atoms with Gasteiger partial charge < -0.3 is 20.1 Å². The van der Waals surface area contributed by atoms with Crippen LogP contribution in [-0.4, -0.2) is 41.2 Å². The Hall–Kier alpha value is -3.84. The van der Waals surface area contributed by atoms with E-state index in [1.165, 1.54) is 7.11 Å². The maximum absolute atomic E-state index is 13.6. The zero-order valence-corrected chi connectivity index (χ0v) is 21.4. The molecule has 0 bridgehead atoms. The van der Waals surface area contributed by atoms with Gasteiger partial charge in [-0.3, -0.25) is 4.79 Å². The first kappa shape index (κ1) is 24.8. The molecule has 37 heavy (non-hydrogen) atoms. The smallest absolute Gasteiger partial charge is 0.229 e. The van der Waals surface area contributed by atoms with Crippen LogP contribution in [0.15, 0.2) is 72.8 Å². The molecule has 8 heteroatoms. The predicted molar refractivity (Wildman–Crippen MR) is 145 cm³/mol. The number of methoxy groups -OCH3 is 1. The minimum Gasteiger partial charge on any atom is -0.495 e. The zero-order chi connectivity index (χ0) is 25.8. The summed E-state index contributed by atoms with van der Waals surface area (Å²) in [6, 6.07) is 23.4. The Morgan fingerprint density at radius 3 is 2.32 bits per heavy atom. The van der Waals surface area contributed by atoms with Gasteiger partial charge in [0.1, 0.15) is 5.75 Å². The SMILES string of the molecule is COc1cc2nc(N3CCC(Cc4ccccc4)(C(=O)NCc4ccccc4)CC3)nc(O)c2cc1Cl. The Morgan fingerprint density at radius 2 is 1.68 bits per heavy atom. The maximum Gasteiger partial charge on any atom is 0.229 e. The fraction of sp³-hybridized carbons (Fsp3) is 0.276. The molecule has 1 aliphatic rings. The van der Waals surface area contributed by atoms with Crippen molar-refractivity contribution in [2.45, 2.75) is 25.8 Å². The average Bonchev–Trinajstić information content (AvgIpc) is 2.93. The van der Waals surface area contributed by atoms with Crippen LogP contribution in [0.1, 0.15) is 24.0 Å². The monoisotopic (exact) mass is 516 g/mol. The molecule has 3 aromatic carbocycles. The van der Waals surface area contributed by atoms with Crippen molar-refractivity contribution < 1.29 is 14.6 Å². The fourth-order valence-electron chi connectivity index (χ4n) is 4.97. The molecule has 0 atom stereocenters. The number of ether oxygens (including phenoxy) is 1. The maximum atomic E-state index is 13.6. The zero-order valence-electron chi connectivity index (χ0n) is 20.7. The predicted octanol–water partition coefficient (Wildman–Crippen LogP) is 5.14. The van der Waals surface area contributed by atoms with Crippen molar-refractivity contribution in [1.82, 2.24) is 15.3 Å². The quantitative estimate of drug-likeness (QED) is 0.353. The van der Waals surface area contributed by atoms with Crippen LogP contribution in [0.2, 0.25) is 5.02 Å². The van der Waals surface area contributed by atoms with Gasteiger partial charge in [0, 0.05) is 25.7 Å². The standard InChI is InChI=1S/C29H29ClN4O3/c1-37-25-17-24-22(16-23(25)30)26(35)33-28(32-24)34-14-12-29(13-15-34,18-20-8-4-2-5-9-20)27(36)31-19-21-10-6-3-7-11-21/h2-11,16-17H,12-15,18-19H2,1H3,(H,31,36)(H,32,33,35). The second kappa shape index (κ2) is 10.6. The number of hydrogen-bond acceptors (Lipinski definition) is 6. The summed E-state index contributed by atoms with van der Waals surface area (Å²) < 4.78 is 5.31. The molecule has 1 fully saturated rings. The number of anilines is 1. The molecule has 2 N–H and O–H groups in total. The number of carbonyl (C=O) groups excluding carboxylic acids is 1. The normalized spacial score (nSPS) is 14.9. The van der Waals surface area contributed by atoms with Gasteiger partial charge in [-0.05, 0) is 36.5 Å². The van der Waals surface area contributed by atoms with Gasteiger partial charge >= 0.3 is 0 Å². The fourth-order valence-corrected chi connectivity index (χ4v) is 5.21. The molecule has 1 saturated heterocycles. The molecule has 0 radical (unpaired) electrons. The Balaban J connectivity index is 1.38. The summed E-state index contributed by atoms with van der Waals surface area (Å²) in [5, 5.41) is 14.6. The minimum absolute atomic E-state index is 0.0570. The summed E-state index contributed by atoms with van der Waals surface area (Å²) in [5.41, 5.74) is 2.20. The van der Waals surface area contributed by atoms with E-state index in [4.69, 9.17) is 16.3 Å². The second-order valence-electron chi connectivity index (χ2n) is 9.45. The molecule has 0 aliphatic carbocycles. The van der Waals surface area contributed by atoms with Gasteiger partial charge in [-0.15, -0.1) is 0 Å². The lowest BCUT2D eigenvalue weighted by Gasteiger charge is -2.41. The summed E-state index contributed by atoms with van der Waals surface area (Å²) in [4.78, 5) is 24.7. The van der Waals surface area contributed by atoms with Crippen molar-refractivity contribution >= 4 is 34.4 Å². The third kappa shape index (κ3) is 5.32. The average molecular weight is 517 g/mol. The van der Waals surface area contributed by atoms with Crippen molar-refractivity contribution in [1.29, 1.82) is 0 Å². The molecule has 1 amide bonds. The highest BCUT2D eigenvalue weighted by Gasteiger charge is 2.42. The molecule has 190 valence electrons. The van der Waals surface area contributed by atoms with E-state index in [9.17, 15) is 9.90 Å². The van der Waals surface area contributed by atoms with E-state index in [1.807, 2.05) is 53.4 Å². The number of hydrogen-bond donors (Lipinski definition) is 2. The number of rotatable bonds is 7. The number of piperidine rings is 1. The number of halogens is 1. The molecule has 7 nitrogen and oxygen atoms in total. The summed E-state index contributed by atoms with van der Waals surface area (Å²) >= 11 is 6.22. The summed E-state index contributed by atoms with van der Waals surface area (Å²) in [6.07, 6.45) is 1.92. The largest absolute Gasteiger partial charge is 0.495 e. The molecule has 2 heterocycles. The molecular formula is C29H29ClN4O3. The first-order valence-corrected chi connectivity index (χ1v) is 12.7. The Bertz CT molecular complexity index is 1390. The van der Waals surface area contributed by atoms with E-state index in [2.05, 4.69) is 27.4 Å². The Kier molecular flexibility index (Phi) is 7.15. The molecule has 0 unspecified atom stereocenters. The third-order valence-electron chi connectivity index (χ3n) is 7.10. The highest BCUT2D eigenvalue weighted by Crippen LogP contribution is 2.38. The number of aromatic hydroxyl groups is 1. The van der Waals surface area contributed by atoms with Crippen LogP contribution in [0, 0.1) is 5.41 Å². The van der Waals surface area contributed by atoms with Crippen LogP contribution < -0.4 is 15.0 Å². The number of fused-ring (bicyclic) bond motifs is 1. The van der Waals surface area contributed by atoms with Gasteiger partial charge in [-0.2, -0.15) is 4.98 Å². The topological polar surface area (TPSA) is 87.6 Å². The molecule has 1 aromatic heterocycles. The van der Waals surface area contributed by atoms with Gasteiger partial charge in [-0.25, -0.2) is 4.98 Å². The summed E-state index contributed by atoms with van der Waals surface area (Å²) in [5.74, 6) is 0.828. The van der Waals surface area contributed by atoms with E-state index < -0.39 is 5.41 Å². The van der Waals surface area contributed by atoms with Crippen LogP contribution in [0.3, 0.4) is 0 Å². The molecule has 1 aliphatic heterocycles. The van der Waals surface area contributed by atoms with Crippen LogP contribution in [0.25, 0.3) is 10.9 Å². The summed E-state index contributed by atoms with van der Waals surface area (Å²) in [6.45, 7) is 1.66. The lowest BCUT2D eigenvalue weighted by Crippen LogP contribution is -2.50. The van der Waals surface area contributed by atoms with E-state index in [-0.39, 0.29) is 11.8 Å². The van der Waals surface area contributed by atoms with Gasteiger partial charge in [0.05, 0.1) is 28.5 Å². The molecule has 5 rings (SSSR count). The van der Waals surface area contributed by atoms with Crippen LogP contribution in [-0.2, 0) is 17.8 Å². The number of aromatic nitrogens is 2. The van der Waals surface area contributed by atoms with Gasteiger partial charge in [0.2, 0.25) is 17.7 Å². The van der Waals surface area contributed by atoms with Crippen molar-refractivity contribution in [3.63, 3.8) is 0 Å². The number of benzene rings is 3. The van der Waals surface area contributed by atoms with Crippen molar-refractivity contribution in [2.24, 2.45) is 5.41 Å². The van der Waals surface area contributed by atoms with E-state index in [0.29, 0.717) is 66.5 Å². The van der Waals surface area contributed by atoms with E-state index in [0.717, 1.165) is 11.1 Å². The first-order chi connectivity index (χ1) is 18.0. The highest BCUT2D eigenvalue weighted by molar-refractivity contribution is 6.32. The number of nitrogens with one attached hydrogen (secondary N) is 1. The Labute approximate surface area is 221 Å². The van der Waals surface area contributed by atoms with Gasteiger partial charge in [-0.1, -0.05) is 72.3 Å². The van der Waals surface area contributed by atoms with Crippen LogP contribution in [0.4, 0.5) is 5.95 Å². The van der Waals surface area contributed by atoms with Gasteiger partial charge in [0.15, 0.2) is 0 Å². The molecular weight excluding hydrogens is 488 g/mol.